The topological polar surface area (TPSA) is 53.9 Å². The normalized spacial score (nSPS) is 31.2. The maximum atomic E-state index is 5.09. The van der Waals surface area contributed by atoms with Gasteiger partial charge in [-0.2, -0.15) is 0 Å². The largest absolute Gasteiger partial charge is 0.472 e. The Morgan fingerprint density at radius 2 is 2.35 bits per heavy atom. The molecular weight excluding hydrogens is 214 g/mol. The van der Waals surface area contributed by atoms with Crippen molar-refractivity contribution in [2.24, 2.45) is 0 Å². The number of imidazole rings is 1. The van der Waals surface area contributed by atoms with Gasteiger partial charge >= 0.3 is 0 Å². The highest BCUT2D eigenvalue weighted by molar-refractivity contribution is 5.56. The van der Waals surface area contributed by atoms with Crippen LogP contribution in [0.15, 0.2) is 29.2 Å². The van der Waals surface area contributed by atoms with Crippen molar-refractivity contribution < 1.29 is 4.42 Å². The van der Waals surface area contributed by atoms with E-state index < -0.39 is 0 Å². The molecular formula is C13H15N3O. The molecule has 2 bridgehead atoms. The van der Waals surface area contributed by atoms with Crippen LogP contribution in [0.3, 0.4) is 0 Å². The van der Waals surface area contributed by atoms with E-state index in [1.807, 2.05) is 12.3 Å². The van der Waals surface area contributed by atoms with Crippen LogP contribution in [-0.2, 0) is 0 Å². The Kier molecular flexibility index (Phi) is 1.93. The summed E-state index contributed by atoms with van der Waals surface area (Å²) in [4.78, 5) is 7.97. The molecule has 2 aliphatic heterocycles. The number of furan rings is 1. The van der Waals surface area contributed by atoms with Crippen LogP contribution >= 0.6 is 0 Å². The Labute approximate surface area is 99.4 Å². The maximum absolute atomic E-state index is 5.09. The Morgan fingerprint density at radius 1 is 1.35 bits per heavy atom. The maximum Gasteiger partial charge on any atom is 0.111 e. The zero-order chi connectivity index (χ0) is 11.2. The van der Waals surface area contributed by atoms with E-state index >= 15 is 0 Å². The number of fused-ring (bicyclic) bond motifs is 2. The molecule has 88 valence electrons. The Bertz CT molecular complexity index is 517. The van der Waals surface area contributed by atoms with Crippen molar-refractivity contribution >= 4 is 0 Å². The van der Waals surface area contributed by atoms with Crippen molar-refractivity contribution in [3.05, 3.63) is 30.6 Å². The van der Waals surface area contributed by atoms with Gasteiger partial charge in [-0.3, -0.25) is 0 Å². The zero-order valence-corrected chi connectivity index (χ0v) is 9.52. The first-order chi connectivity index (χ1) is 8.40. The molecule has 0 aliphatic carbocycles. The van der Waals surface area contributed by atoms with Crippen LogP contribution in [0.2, 0.25) is 0 Å². The van der Waals surface area contributed by atoms with Gasteiger partial charge in [-0.15, -0.1) is 0 Å². The summed E-state index contributed by atoms with van der Waals surface area (Å²) in [6.45, 7) is 0. The van der Waals surface area contributed by atoms with Crippen LogP contribution in [0.5, 0.6) is 0 Å². The standard InChI is InChI=1S/C13H15N3O/c1-2-11-10(5-9(1)15-11)13-14-6-12(16-13)8-3-4-17-7-8/h3-4,6-7,9-11,15H,1-2,5H2,(H,14,16). The number of nitrogens with zero attached hydrogens (tertiary/aromatic N) is 1. The van der Waals surface area contributed by atoms with Crippen LogP contribution in [-0.4, -0.2) is 22.1 Å². The third-order valence-electron chi connectivity index (χ3n) is 4.08. The monoisotopic (exact) mass is 229 g/mol. The molecule has 4 rings (SSSR count). The van der Waals surface area contributed by atoms with Gasteiger partial charge in [-0.25, -0.2) is 4.98 Å². The molecule has 2 aromatic rings. The van der Waals surface area contributed by atoms with Gasteiger partial charge in [0.1, 0.15) is 5.82 Å². The molecule has 2 aromatic heterocycles. The van der Waals surface area contributed by atoms with Crippen molar-refractivity contribution in [1.82, 2.24) is 15.3 Å². The van der Waals surface area contributed by atoms with Crippen LogP contribution in [0, 0.1) is 0 Å². The molecule has 3 atom stereocenters. The molecule has 0 spiro atoms. The van der Waals surface area contributed by atoms with Gasteiger partial charge < -0.3 is 14.7 Å². The molecule has 0 saturated carbocycles. The minimum absolute atomic E-state index is 0.564. The van der Waals surface area contributed by atoms with E-state index in [0.29, 0.717) is 18.0 Å². The van der Waals surface area contributed by atoms with Crippen LogP contribution in [0.1, 0.15) is 31.0 Å². The molecule has 0 amide bonds. The van der Waals surface area contributed by atoms with Crippen LogP contribution < -0.4 is 5.32 Å². The second kappa shape index (κ2) is 3.47. The summed E-state index contributed by atoms with van der Waals surface area (Å²) in [5, 5.41) is 3.64. The highest BCUT2D eigenvalue weighted by Crippen LogP contribution is 2.39. The van der Waals surface area contributed by atoms with Gasteiger partial charge in [0.05, 0.1) is 24.4 Å². The lowest BCUT2D eigenvalue weighted by Crippen LogP contribution is -2.22. The van der Waals surface area contributed by atoms with E-state index in [0.717, 1.165) is 17.1 Å². The van der Waals surface area contributed by atoms with Gasteiger partial charge in [0.25, 0.3) is 0 Å². The number of H-pyrrole nitrogens is 1. The Morgan fingerprint density at radius 3 is 3.06 bits per heavy atom. The smallest absolute Gasteiger partial charge is 0.111 e. The fourth-order valence-electron chi connectivity index (χ4n) is 3.22. The van der Waals surface area contributed by atoms with Crippen LogP contribution in [0.4, 0.5) is 0 Å². The predicted molar refractivity (Wildman–Crippen MR) is 63.6 cm³/mol. The van der Waals surface area contributed by atoms with Gasteiger partial charge in [0, 0.05) is 23.6 Å². The summed E-state index contributed by atoms with van der Waals surface area (Å²) >= 11 is 0. The second-order valence-corrected chi connectivity index (χ2v) is 5.08. The molecule has 2 saturated heterocycles. The third-order valence-corrected chi connectivity index (χ3v) is 4.08. The van der Waals surface area contributed by atoms with Crippen molar-refractivity contribution in [3.63, 3.8) is 0 Å². The first kappa shape index (κ1) is 9.48. The van der Waals surface area contributed by atoms with E-state index in [1.165, 1.54) is 19.3 Å². The molecule has 0 radical (unpaired) electrons. The average Bonchev–Trinajstić information content (AvgIpc) is 3.12. The van der Waals surface area contributed by atoms with Crippen LogP contribution in [0.25, 0.3) is 11.3 Å². The number of hydrogen-bond acceptors (Lipinski definition) is 3. The zero-order valence-electron chi connectivity index (χ0n) is 9.52. The quantitative estimate of drug-likeness (QED) is 0.830. The molecule has 2 N–H and O–H groups in total. The Hall–Kier alpha value is -1.55. The molecule has 3 unspecified atom stereocenters. The van der Waals surface area contributed by atoms with E-state index in [4.69, 9.17) is 4.42 Å². The summed E-state index contributed by atoms with van der Waals surface area (Å²) in [5.74, 6) is 1.69. The lowest BCUT2D eigenvalue weighted by molar-refractivity contribution is 0.490. The van der Waals surface area contributed by atoms with Gasteiger partial charge in [0.2, 0.25) is 0 Å². The fraction of sp³-hybridized carbons (Fsp3) is 0.462. The van der Waals surface area contributed by atoms with Crippen molar-refractivity contribution in [3.8, 4) is 11.3 Å². The fourth-order valence-corrected chi connectivity index (χ4v) is 3.22. The number of hydrogen-bond donors (Lipinski definition) is 2. The third kappa shape index (κ3) is 1.44. The molecule has 4 heterocycles. The summed E-state index contributed by atoms with van der Waals surface area (Å²) in [6, 6.07) is 3.30. The van der Waals surface area contributed by atoms with E-state index in [-0.39, 0.29) is 0 Å². The van der Waals surface area contributed by atoms with Crippen molar-refractivity contribution in [2.45, 2.75) is 37.3 Å². The van der Waals surface area contributed by atoms with Gasteiger partial charge in [-0.05, 0) is 25.3 Å². The number of nitrogens with one attached hydrogen (secondary N) is 2. The lowest BCUT2D eigenvalue weighted by atomic mass is 9.89. The molecule has 0 aromatic carbocycles. The lowest BCUT2D eigenvalue weighted by Gasteiger charge is -2.17. The summed E-state index contributed by atoms with van der Waals surface area (Å²) < 4.78 is 5.09. The molecule has 2 aliphatic rings. The summed E-state index contributed by atoms with van der Waals surface area (Å²) in [6.07, 6.45) is 9.19. The molecule has 4 heteroatoms. The highest BCUT2D eigenvalue weighted by atomic mass is 16.3. The molecule has 2 fully saturated rings. The highest BCUT2D eigenvalue weighted by Gasteiger charge is 2.41. The average molecular weight is 229 g/mol. The summed E-state index contributed by atoms with van der Waals surface area (Å²) in [5.41, 5.74) is 2.12. The summed E-state index contributed by atoms with van der Waals surface area (Å²) in [7, 11) is 0. The molecule has 4 nitrogen and oxygen atoms in total. The first-order valence-corrected chi connectivity index (χ1v) is 6.23. The SMILES string of the molecule is c1cc(-c2cnc(C3CC4CCC3N4)[nH]2)co1. The van der Waals surface area contributed by atoms with E-state index in [9.17, 15) is 0 Å². The second-order valence-electron chi connectivity index (χ2n) is 5.08. The number of rotatable bonds is 2. The minimum Gasteiger partial charge on any atom is -0.472 e. The minimum atomic E-state index is 0.564. The van der Waals surface area contributed by atoms with Crippen molar-refractivity contribution in [1.29, 1.82) is 0 Å². The number of aromatic amines is 1. The molecule has 17 heavy (non-hydrogen) atoms. The van der Waals surface area contributed by atoms with Gasteiger partial charge in [-0.1, -0.05) is 0 Å². The van der Waals surface area contributed by atoms with E-state index in [2.05, 4.69) is 15.3 Å². The predicted octanol–water partition coefficient (Wildman–Crippen LogP) is 2.28. The van der Waals surface area contributed by atoms with Gasteiger partial charge in [0.15, 0.2) is 0 Å². The van der Waals surface area contributed by atoms with Crippen molar-refractivity contribution in [2.75, 3.05) is 0 Å². The Balaban J connectivity index is 1.63. The first-order valence-electron chi connectivity index (χ1n) is 6.23. The van der Waals surface area contributed by atoms with E-state index in [1.54, 1.807) is 12.5 Å². The number of aromatic nitrogens is 2.